The third-order valence-electron chi connectivity index (χ3n) is 4.27. The van der Waals surface area contributed by atoms with Gasteiger partial charge in [0.15, 0.2) is 0 Å². The van der Waals surface area contributed by atoms with Crippen molar-refractivity contribution in [2.75, 3.05) is 64.7 Å². The highest BCUT2D eigenvalue weighted by molar-refractivity contribution is 7.89. The fourth-order valence-electron chi connectivity index (χ4n) is 2.81. The Morgan fingerprint density at radius 3 is 2.15 bits per heavy atom. The molecule has 1 N–H and O–H groups in total. The van der Waals surface area contributed by atoms with E-state index >= 15 is 0 Å². The predicted molar refractivity (Wildman–Crippen MR) is 81.4 cm³/mol. The largest absolute Gasteiger partial charge is 0.314 e. The van der Waals surface area contributed by atoms with Crippen LogP contribution in [0.25, 0.3) is 0 Å². The van der Waals surface area contributed by atoms with Crippen molar-refractivity contribution >= 4 is 10.0 Å². The molecule has 2 rings (SSSR count). The molecule has 118 valence electrons. The maximum atomic E-state index is 12.4. The summed E-state index contributed by atoms with van der Waals surface area (Å²) in [6.45, 7) is 11.8. The summed E-state index contributed by atoms with van der Waals surface area (Å²) < 4.78 is 26.4. The summed E-state index contributed by atoms with van der Waals surface area (Å²) in [5, 5.41) is 3.28. The smallest absolute Gasteiger partial charge is 0.215 e. The van der Waals surface area contributed by atoms with Crippen LogP contribution in [0, 0.1) is 0 Å². The van der Waals surface area contributed by atoms with Crippen LogP contribution in [0.3, 0.4) is 0 Å². The van der Waals surface area contributed by atoms with Crippen molar-refractivity contribution in [1.29, 1.82) is 0 Å². The van der Waals surface area contributed by atoms with E-state index in [9.17, 15) is 8.42 Å². The van der Waals surface area contributed by atoms with Crippen LogP contribution in [-0.2, 0) is 10.0 Å². The molecule has 0 radical (unpaired) electrons. The lowest BCUT2D eigenvalue weighted by Crippen LogP contribution is -2.52. The second-order valence-electron chi connectivity index (χ2n) is 5.94. The summed E-state index contributed by atoms with van der Waals surface area (Å²) in [7, 11) is -3.09. The number of rotatable bonds is 5. The molecule has 2 aliphatic heterocycles. The molecular weight excluding hydrogens is 276 g/mol. The van der Waals surface area contributed by atoms with Crippen LogP contribution in [0.2, 0.25) is 0 Å². The first-order valence-electron chi connectivity index (χ1n) is 7.64. The van der Waals surface area contributed by atoms with Gasteiger partial charge >= 0.3 is 0 Å². The molecule has 0 amide bonds. The van der Waals surface area contributed by atoms with Crippen molar-refractivity contribution in [3.63, 3.8) is 0 Å². The van der Waals surface area contributed by atoms with Gasteiger partial charge in [-0.05, 0) is 13.8 Å². The second kappa shape index (κ2) is 7.17. The highest BCUT2D eigenvalue weighted by Crippen LogP contribution is 2.10. The molecule has 0 aliphatic carbocycles. The number of hydrogen-bond acceptors (Lipinski definition) is 5. The van der Waals surface area contributed by atoms with Gasteiger partial charge in [0.25, 0.3) is 0 Å². The van der Waals surface area contributed by atoms with E-state index in [-0.39, 0.29) is 5.75 Å². The molecule has 0 aromatic rings. The lowest BCUT2D eigenvalue weighted by atomic mass is 10.3. The van der Waals surface area contributed by atoms with E-state index in [1.807, 2.05) is 0 Å². The van der Waals surface area contributed by atoms with Crippen molar-refractivity contribution in [2.45, 2.75) is 19.9 Å². The quantitative estimate of drug-likeness (QED) is 0.724. The Morgan fingerprint density at radius 2 is 1.60 bits per heavy atom. The molecule has 2 fully saturated rings. The van der Waals surface area contributed by atoms with Gasteiger partial charge < -0.3 is 5.32 Å². The van der Waals surface area contributed by atoms with Gasteiger partial charge in [0.05, 0.1) is 5.75 Å². The van der Waals surface area contributed by atoms with Crippen molar-refractivity contribution in [3.05, 3.63) is 0 Å². The summed E-state index contributed by atoms with van der Waals surface area (Å²) in [5.74, 6) is 0.259. The van der Waals surface area contributed by atoms with Gasteiger partial charge in [-0.2, -0.15) is 4.31 Å². The van der Waals surface area contributed by atoms with E-state index in [4.69, 9.17) is 0 Å². The normalized spacial score (nSPS) is 24.4. The average molecular weight is 304 g/mol. The van der Waals surface area contributed by atoms with Crippen LogP contribution in [0.5, 0.6) is 0 Å². The molecule has 0 unspecified atom stereocenters. The Balaban J connectivity index is 1.78. The zero-order valence-electron chi connectivity index (χ0n) is 12.7. The van der Waals surface area contributed by atoms with Crippen LogP contribution in [-0.4, -0.2) is 93.2 Å². The molecule has 6 nitrogen and oxygen atoms in total. The highest BCUT2D eigenvalue weighted by atomic mass is 32.2. The monoisotopic (exact) mass is 304 g/mol. The molecule has 0 aromatic carbocycles. The number of nitrogens with one attached hydrogen (secondary N) is 1. The summed E-state index contributed by atoms with van der Waals surface area (Å²) in [6, 6.07) is 0.501. The van der Waals surface area contributed by atoms with Gasteiger partial charge in [-0.1, -0.05) is 0 Å². The Morgan fingerprint density at radius 1 is 1.00 bits per heavy atom. The zero-order chi connectivity index (χ0) is 14.6. The SMILES string of the molecule is CC(C)N1CCN(S(=O)(=O)CCN2CCNCC2)CC1. The Kier molecular flexibility index (Phi) is 5.80. The first kappa shape index (κ1) is 16.2. The molecule has 0 bridgehead atoms. The van der Waals surface area contributed by atoms with E-state index in [1.165, 1.54) is 0 Å². The first-order valence-corrected chi connectivity index (χ1v) is 9.25. The standard InChI is InChI=1S/C13H28N4O2S/c1-13(2)16-7-9-17(10-8-16)20(18,19)12-11-15-5-3-14-4-6-15/h13-14H,3-12H2,1-2H3. The molecule has 2 aliphatic rings. The zero-order valence-corrected chi connectivity index (χ0v) is 13.5. The summed E-state index contributed by atoms with van der Waals surface area (Å²) in [6.07, 6.45) is 0. The van der Waals surface area contributed by atoms with Crippen LogP contribution < -0.4 is 5.32 Å². The van der Waals surface area contributed by atoms with E-state index < -0.39 is 10.0 Å². The van der Waals surface area contributed by atoms with Gasteiger partial charge in [-0.25, -0.2) is 8.42 Å². The molecule has 0 aromatic heterocycles. The fraction of sp³-hybridized carbons (Fsp3) is 1.00. The van der Waals surface area contributed by atoms with Crippen molar-refractivity contribution < 1.29 is 8.42 Å². The van der Waals surface area contributed by atoms with Gasteiger partial charge in [0, 0.05) is 64.9 Å². The summed E-state index contributed by atoms with van der Waals surface area (Å²) in [5.41, 5.74) is 0. The van der Waals surface area contributed by atoms with E-state index in [2.05, 4.69) is 29.0 Å². The predicted octanol–water partition coefficient (Wildman–Crippen LogP) is -0.753. The molecule has 0 atom stereocenters. The number of hydrogen-bond donors (Lipinski definition) is 1. The van der Waals surface area contributed by atoms with Crippen molar-refractivity contribution in [3.8, 4) is 0 Å². The highest BCUT2D eigenvalue weighted by Gasteiger charge is 2.28. The van der Waals surface area contributed by atoms with Gasteiger partial charge in [-0.15, -0.1) is 0 Å². The Bertz CT molecular complexity index is 385. The first-order chi connectivity index (χ1) is 9.49. The molecule has 0 spiro atoms. The third kappa shape index (κ3) is 4.39. The minimum atomic E-state index is -3.09. The minimum absolute atomic E-state index is 0.259. The molecule has 2 heterocycles. The van der Waals surface area contributed by atoms with E-state index in [1.54, 1.807) is 4.31 Å². The fourth-order valence-corrected chi connectivity index (χ4v) is 4.27. The topological polar surface area (TPSA) is 55.9 Å². The molecule has 0 saturated carbocycles. The molecule has 2 saturated heterocycles. The Labute approximate surface area is 123 Å². The van der Waals surface area contributed by atoms with Gasteiger partial charge in [-0.3, -0.25) is 9.80 Å². The number of nitrogens with zero attached hydrogens (tertiary/aromatic N) is 3. The van der Waals surface area contributed by atoms with Gasteiger partial charge in [0.2, 0.25) is 10.0 Å². The maximum Gasteiger partial charge on any atom is 0.215 e. The second-order valence-corrected chi connectivity index (χ2v) is 8.02. The number of sulfonamides is 1. The lowest BCUT2D eigenvalue weighted by molar-refractivity contribution is 0.153. The van der Waals surface area contributed by atoms with Crippen molar-refractivity contribution in [2.24, 2.45) is 0 Å². The van der Waals surface area contributed by atoms with E-state index in [0.717, 1.165) is 39.3 Å². The van der Waals surface area contributed by atoms with Crippen LogP contribution in [0.1, 0.15) is 13.8 Å². The van der Waals surface area contributed by atoms with Crippen LogP contribution >= 0.6 is 0 Å². The van der Waals surface area contributed by atoms with Crippen LogP contribution in [0.4, 0.5) is 0 Å². The summed E-state index contributed by atoms with van der Waals surface area (Å²) >= 11 is 0. The van der Waals surface area contributed by atoms with Crippen LogP contribution in [0.15, 0.2) is 0 Å². The lowest BCUT2D eigenvalue weighted by Gasteiger charge is -2.36. The maximum absolute atomic E-state index is 12.4. The minimum Gasteiger partial charge on any atom is -0.314 e. The van der Waals surface area contributed by atoms with E-state index in [0.29, 0.717) is 25.7 Å². The number of piperazine rings is 2. The van der Waals surface area contributed by atoms with Gasteiger partial charge in [0.1, 0.15) is 0 Å². The molecule has 20 heavy (non-hydrogen) atoms. The summed E-state index contributed by atoms with van der Waals surface area (Å²) in [4.78, 5) is 4.57. The third-order valence-corrected chi connectivity index (χ3v) is 6.12. The molecule has 7 heteroatoms. The average Bonchev–Trinajstić information content (AvgIpc) is 2.46. The Hall–Kier alpha value is -0.210. The molecular formula is C13H28N4O2S. The van der Waals surface area contributed by atoms with Crippen molar-refractivity contribution in [1.82, 2.24) is 19.4 Å².